The maximum atomic E-state index is 5.69. The lowest BCUT2D eigenvalue weighted by molar-refractivity contribution is 0.0859. The molecule has 0 saturated carbocycles. The van der Waals surface area contributed by atoms with E-state index in [0.29, 0.717) is 5.92 Å². The molecule has 15 heavy (non-hydrogen) atoms. The monoisotopic (exact) mass is 207 g/mol. The molecule has 0 aliphatic carbocycles. The summed E-state index contributed by atoms with van der Waals surface area (Å²) in [6.07, 6.45) is 1.16. The van der Waals surface area contributed by atoms with Crippen molar-refractivity contribution in [3.8, 4) is 0 Å². The Morgan fingerprint density at radius 1 is 1.27 bits per heavy atom. The molecular formula is C13H21NO. The molecule has 0 bridgehead atoms. The number of hydrogen-bond acceptors (Lipinski definition) is 2. The molecule has 2 heteroatoms. The molecule has 0 fully saturated rings. The molecule has 1 N–H and O–H groups in total. The minimum absolute atomic E-state index is 0.624. The van der Waals surface area contributed by atoms with Gasteiger partial charge in [-0.05, 0) is 31.5 Å². The van der Waals surface area contributed by atoms with Gasteiger partial charge in [-0.25, -0.2) is 0 Å². The van der Waals surface area contributed by atoms with Crippen LogP contribution in [0.4, 0.5) is 0 Å². The van der Waals surface area contributed by atoms with Crippen molar-refractivity contribution in [2.75, 3.05) is 20.2 Å². The highest BCUT2D eigenvalue weighted by atomic mass is 16.5. The Morgan fingerprint density at radius 3 is 2.60 bits per heavy atom. The van der Waals surface area contributed by atoms with E-state index in [4.69, 9.17) is 4.74 Å². The summed E-state index contributed by atoms with van der Waals surface area (Å²) in [7, 11) is 1.99. The Morgan fingerprint density at radius 2 is 2.00 bits per heavy atom. The van der Waals surface area contributed by atoms with Gasteiger partial charge in [0, 0.05) is 0 Å². The highest BCUT2D eigenvalue weighted by Gasteiger charge is 2.04. The van der Waals surface area contributed by atoms with Gasteiger partial charge in [0.1, 0.15) is 0 Å². The van der Waals surface area contributed by atoms with Gasteiger partial charge in [-0.15, -0.1) is 0 Å². The van der Waals surface area contributed by atoms with Crippen LogP contribution in [0.3, 0.4) is 0 Å². The summed E-state index contributed by atoms with van der Waals surface area (Å²) in [5, 5.41) is 3.19. The van der Waals surface area contributed by atoms with E-state index < -0.39 is 0 Å². The zero-order valence-corrected chi connectivity index (χ0v) is 9.70. The summed E-state index contributed by atoms with van der Waals surface area (Å²) >= 11 is 0. The van der Waals surface area contributed by atoms with Gasteiger partial charge in [0.2, 0.25) is 0 Å². The van der Waals surface area contributed by atoms with E-state index in [9.17, 15) is 0 Å². The molecule has 1 aromatic carbocycles. The molecule has 1 rings (SSSR count). The normalized spacial score (nSPS) is 12.7. The highest BCUT2D eigenvalue weighted by molar-refractivity contribution is 5.13. The van der Waals surface area contributed by atoms with E-state index in [1.165, 1.54) is 5.56 Å². The third kappa shape index (κ3) is 4.96. The standard InChI is InChI=1S/C13H21NO/c1-3-12(9-14-2)10-15-11-13-7-5-4-6-8-13/h4-8,12,14H,3,9-11H2,1-2H3. The molecule has 0 amide bonds. The van der Waals surface area contributed by atoms with Gasteiger partial charge in [0.05, 0.1) is 13.2 Å². The molecule has 84 valence electrons. The number of rotatable bonds is 7. The van der Waals surface area contributed by atoms with Crippen molar-refractivity contribution in [3.63, 3.8) is 0 Å². The molecule has 1 aromatic rings. The second-order valence-electron chi connectivity index (χ2n) is 3.83. The maximum Gasteiger partial charge on any atom is 0.0717 e. The summed E-state index contributed by atoms with van der Waals surface area (Å²) < 4.78 is 5.69. The van der Waals surface area contributed by atoms with E-state index in [-0.39, 0.29) is 0 Å². The van der Waals surface area contributed by atoms with Crippen molar-refractivity contribution in [1.29, 1.82) is 0 Å². The summed E-state index contributed by atoms with van der Waals surface area (Å²) in [5.41, 5.74) is 1.25. The molecule has 0 aliphatic rings. The molecule has 0 aliphatic heterocycles. The predicted octanol–water partition coefficient (Wildman–Crippen LogP) is 2.45. The lowest BCUT2D eigenvalue weighted by atomic mass is 10.1. The summed E-state index contributed by atoms with van der Waals surface area (Å²) in [4.78, 5) is 0. The Kier molecular flexibility index (Phi) is 6.05. The van der Waals surface area contributed by atoms with Gasteiger partial charge in [0.15, 0.2) is 0 Å². The fourth-order valence-electron chi connectivity index (χ4n) is 1.53. The van der Waals surface area contributed by atoms with Crippen molar-refractivity contribution in [1.82, 2.24) is 5.32 Å². The van der Waals surface area contributed by atoms with Crippen molar-refractivity contribution in [2.24, 2.45) is 5.92 Å². The van der Waals surface area contributed by atoms with Crippen molar-refractivity contribution >= 4 is 0 Å². The molecule has 2 nitrogen and oxygen atoms in total. The van der Waals surface area contributed by atoms with Gasteiger partial charge in [-0.1, -0.05) is 37.3 Å². The minimum atomic E-state index is 0.624. The lowest BCUT2D eigenvalue weighted by Gasteiger charge is -2.14. The Labute approximate surface area is 92.6 Å². The zero-order valence-electron chi connectivity index (χ0n) is 9.70. The van der Waals surface area contributed by atoms with Crippen LogP contribution in [0.25, 0.3) is 0 Å². The minimum Gasteiger partial charge on any atom is -0.376 e. The van der Waals surface area contributed by atoms with E-state index in [1.54, 1.807) is 0 Å². The fourth-order valence-corrected chi connectivity index (χ4v) is 1.53. The summed E-state index contributed by atoms with van der Waals surface area (Å²) in [6, 6.07) is 10.3. The topological polar surface area (TPSA) is 21.3 Å². The van der Waals surface area contributed by atoms with Crippen LogP contribution in [0.5, 0.6) is 0 Å². The molecule has 0 heterocycles. The van der Waals surface area contributed by atoms with Gasteiger partial charge in [-0.3, -0.25) is 0 Å². The Hall–Kier alpha value is -0.860. The molecule has 0 radical (unpaired) electrons. The zero-order chi connectivity index (χ0) is 10.9. The first-order valence-corrected chi connectivity index (χ1v) is 5.63. The molecular weight excluding hydrogens is 186 g/mol. The Bertz CT molecular complexity index is 248. The van der Waals surface area contributed by atoms with Gasteiger partial charge in [-0.2, -0.15) is 0 Å². The largest absolute Gasteiger partial charge is 0.376 e. The van der Waals surface area contributed by atoms with Gasteiger partial charge < -0.3 is 10.1 Å². The SMILES string of the molecule is CCC(CNC)COCc1ccccc1. The van der Waals surface area contributed by atoms with Crippen LogP contribution in [0.15, 0.2) is 30.3 Å². The van der Waals surface area contributed by atoms with Crippen molar-refractivity contribution < 1.29 is 4.74 Å². The smallest absolute Gasteiger partial charge is 0.0717 e. The van der Waals surface area contributed by atoms with E-state index >= 15 is 0 Å². The first-order chi connectivity index (χ1) is 7.36. The molecule has 1 atom stereocenters. The van der Waals surface area contributed by atoms with Crippen molar-refractivity contribution in [3.05, 3.63) is 35.9 Å². The van der Waals surface area contributed by atoms with E-state index in [1.807, 2.05) is 25.2 Å². The van der Waals surface area contributed by atoms with Crippen LogP contribution < -0.4 is 5.32 Å². The average molecular weight is 207 g/mol. The third-order valence-corrected chi connectivity index (χ3v) is 2.54. The van der Waals surface area contributed by atoms with Gasteiger partial charge in [0.25, 0.3) is 0 Å². The molecule has 0 aromatic heterocycles. The molecule has 0 saturated heterocycles. The first-order valence-electron chi connectivity index (χ1n) is 5.63. The number of benzene rings is 1. The highest BCUT2D eigenvalue weighted by Crippen LogP contribution is 2.05. The summed E-state index contributed by atoms with van der Waals surface area (Å²) in [5.74, 6) is 0.624. The van der Waals surface area contributed by atoms with Crippen LogP contribution in [-0.2, 0) is 11.3 Å². The van der Waals surface area contributed by atoms with E-state index in [0.717, 1.165) is 26.2 Å². The van der Waals surface area contributed by atoms with Crippen LogP contribution >= 0.6 is 0 Å². The number of ether oxygens (including phenoxy) is 1. The average Bonchev–Trinajstić information content (AvgIpc) is 2.29. The predicted molar refractivity (Wildman–Crippen MR) is 63.8 cm³/mol. The second kappa shape index (κ2) is 7.43. The van der Waals surface area contributed by atoms with Crippen LogP contribution in [0.2, 0.25) is 0 Å². The quantitative estimate of drug-likeness (QED) is 0.741. The molecule has 0 spiro atoms. The maximum absolute atomic E-state index is 5.69. The first kappa shape index (κ1) is 12.2. The number of hydrogen-bond donors (Lipinski definition) is 1. The molecule has 1 unspecified atom stereocenters. The van der Waals surface area contributed by atoms with Gasteiger partial charge >= 0.3 is 0 Å². The fraction of sp³-hybridized carbons (Fsp3) is 0.538. The Balaban J connectivity index is 2.20. The van der Waals surface area contributed by atoms with E-state index in [2.05, 4.69) is 24.4 Å². The van der Waals surface area contributed by atoms with Crippen LogP contribution in [0, 0.1) is 5.92 Å². The third-order valence-electron chi connectivity index (χ3n) is 2.54. The summed E-state index contributed by atoms with van der Waals surface area (Å²) in [6.45, 7) is 4.80. The second-order valence-corrected chi connectivity index (χ2v) is 3.83. The van der Waals surface area contributed by atoms with Crippen LogP contribution in [0.1, 0.15) is 18.9 Å². The lowest BCUT2D eigenvalue weighted by Crippen LogP contribution is -2.22. The van der Waals surface area contributed by atoms with Crippen LogP contribution in [-0.4, -0.2) is 20.2 Å². The van der Waals surface area contributed by atoms with Crippen molar-refractivity contribution in [2.45, 2.75) is 20.0 Å². The number of nitrogens with one attached hydrogen (secondary N) is 1.